The Hall–Kier alpha value is -8.02. The Labute approximate surface area is 430 Å². The van der Waals surface area contributed by atoms with Crippen LogP contribution in [0.1, 0.15) is 134 Å². The molecule has 0 radical (unpaired) electrons. The maximum Gasteiger partial charge on any atom is 0.166 e. The number of hydrogen-bond donors (Lipinski definition) is 1. The fraction of sp³-hybridized carbons (Fsp3) is 0.262. The van der Waals surface area contributed by atoms with Crippen molar-refractivity contribution in [3.05, 3.63) is 202 Å². The van der Waals surface area contributed by atoms with Crippen molar-refractivity contribution in [2.24, 2.45) is 9.98 Å². The first-order chi connectivity index (χ1) is 34.6. The van der Waals surface area contributed by atoms with Gasteiger partial charge in [-0.05, 0) is 104 Å². The summed E-state index contributed by atoms with van der Waals surface area (Å²) >= 11 is 0. The van der Waals surface area contributed by atoms with Gasteiger partial charge in [0.25, 0.3) is 0 Å². The fourth-order valence-electron chi connectivity index (χ4n) is 9.48. The van der Waals surface area contributed by atoms with Gasteiger partial charge < -0.3 is 9.88 Å². The van der Waals surface area contributed by atoms with Crippen molar-refractivity contribution in [2.45, 2.75) is 111 Å². The summed E-state index contributed by atoms with van der Waals surface area (Å²) in [6.45, 7) is 27.3. The Morgan fingerprint density at radius 3 is 1.52 bits per heavy atom. The third-order valence-electron chi connectivity index (χ3n) is 13.9. The SMILES string of the molecule is CC(C)(C)c1cc(C2=NC(c3cc(C(C)(C)C)cc(C(C)(C)C)c3)NC(c3ccc4c(c3)c3ccccc3n4-c3ccc(C#N)cc3-c3nc(-c4ccccc4)nc(-c4ccccc4)n3)=N2)cc(C(C)(C)C)c1. The number of nitrogens with one attached hydrogen (secondary N) is 1. The van der Waals surface area contributed by atoms with E-state index in [1.54, 1.807) is 0 Å². The van der Waals surface area contributed by atoms with E-state index >= 15 is 0 Å². The smallest absolute Gasteiger partial charge is 0.166 e. The topological polar surface area (TPSA) is 104 Å². The van der Waals surface area contributed by atoms with Crippen molar-refractivity contribution in [1.82, 2.24) is 24.8 Å². The summed E-state index contributed by atoms with van der Waals surface area (Å²) < 4.78 is 2.27. The van der Waals surface area contributed by atoms with E-state index in [2.05, 4.69) is 178 Å². The van der Waals surface area contributed by atoms with Gasteiger partial charge in [0.05, 0.1) is 28.4 Å². The van der Waals surface area contributed by atoms with Crippen LogP contribution >= 0.6 is 0 Å². The highest BCUT2D eigenvalue weighted by Crippen LogP contribution is 2.39. The number of hydrogen-bond acceptors (Lipinski definition) is 7. The highest BCUT2D eigenvalue weighted by atomic mass is 15.2. The Balaban J connectivity index is 1.18. The molecule has 3 heterocycles. The van der Waals surface area contributed by atoms with Crippen molar-refractivity contribution in [2.75, 3.05) is 0 Å². The van der Waals surface area contributed by atoms with Crippen molar-refractivity contribution in [3.63, 3.8) is 0 Å². The molecule has 0 spiro atoms. The summed E-state index contributed by atoms with van der Waals surface area (Å²) in [5.74, 6) is 3.01. The van der Waals surface area contributed by atoms with Crippen LogP contribution in [-0.4, -0.2) is 31.2 Å². The van der Waals surface area contributed by atoms with Crippen LogP contribution < -0.4 is 5.32 Å². The first-order valence-electron chi connectivity index (χ1n) is 25.3. The summed E-state index contributed by atoms with van der Waals surface area (Å²) in [5.41, 5.74) is 13.5. The maximum absolute atomic E-state index is 10.3. The van der Waals surface area contributed by atoms with Gasteiger partial charge in [-0.1, -0.05) is 186 Å². The predicted molar refractivity (Wildman–Crippen MR) is 302 cm³/mol. The molecule has 1 N–H and O–H groups in total. The summed E-state index contributed by atoms with van der Waals surface area (Å²) in [6, 6.07) is 57.1. The van der Waals surface area contributed by atoms with Gasteiger partial charge in [-0.25, -0.2) is 24.9 Å². The van der Waals surface area contributed by atoms with Crippen LogP contribution in [0.15, 0.2) is 168 Å². The van der Waals surface area contributed by atoms with E-state index in [0.717, 1.165) is 61.1 Å². The van der Waals surface area contributed by atoms with Gasteiger partial charge >= 0.3 is 0 Å². The standard InChI is InChI=1S/C65H64N8/c1-62(2,3)46-32-44(33-47(37-46)63(4,5)6)59-68-58(69-60(70-59)45-34-48(64(7,8)9)38-49(35-45)65(10,11)12)43-28-30-54-51(36-43)50-25-19-20-26-53(50)73(54)55-29-27-40(39-66)31-52(55)61-71-56(41-21-15-13-16-22-41)67-57(72-61)42-23-17-14-18-24-42/h13-38,59H,1-12H3,(H,68,69,70). The lowest BCUT2D eigenvalue weighted by atomic mass is 9.79. The number of aliphatic imine (C=N–C) groups is 2. The molecule has 8 heteroatoms. The number of fused-ring (bicyclic) bond motifs is 3. The second-order valence-corrected chi connectivity index (χ2v) is 23.6. The molecule has 7 aromatic carbocycles. The predicted octanol–water partition coefficient (Wildman–Crippen LogP) is 15.5. The Kier molecular flexibility index (Phi) is 12.1. The molecule has 0 amide bonds. The number of amidine groups is 2. The van der Waals surface area contributed by atoms with Crippen LogP contribution in [0.25, 0.3) is 61.7 Å². The van der Waals surface area contributed by atoms with Gasteiger partial charge in [0.1, 0.15) is 12.0 Å². The van der Waals surface area contributed by atoms with Crippen molar-refractivity contribution >= 4 is 33.5 Å². The fourth-order valence-corrected chi connectivity index (χ4v) is 9.48. The van der Waals surface area contributed by atoms with Gasteiger partial charge in [0.15, 0.2) is 23.3 Å². The number of benzene rings is 7. The third kappa shape index (κ3) is 9.72. The highest BCUT2D eigenvalue weighted by molar-refractivity contribution is 6.16. The first kappa shape index (κ1) is 48.6. The van der Waals surface area contributed by atoms with E-state index < -0.39 is 6.17 Å². The maximum atomic E-state index is 10.3. The van der Waals surface area contributed by atoms with Crippen LogP contribution in [-0.2, 0) is 21.7 Å². The molecule has 0 bridgehead atoms. The Morgan fingerprint density at radius 2 is 0.973 bits per heavy atom. The molecule has 1 aliphatic heterocycles. The van der Waals surface area contributed by atoms with E-state index in [1.165, 1.54) is 22.3 Å². The minimum absolute atomic E-state index is 0.0806. The summed E-state index contributed by atoms with van der Waals surface area (Å²) in [7, 11) is 0. The molecular weight excluding hydrogens is 893 g/mol. The number of para-hydroxylation sites is 1. The Morgan fingerprint density at radius 1 is 0.466 bits per heavy atom. The number of rotatable bonds is 7. The molecule has 10 rings (SSSR count). The summed E-state index contributed by atoms with van der Waals surface area (Å²) in [6.07, 6.45) is -0.414. The number of nitrogens with zero attached hydrogens (tertiary/aromatic N) is 7. The summed E-state index contributed by atoms with van der Waals surface area (Å²) in [5, 5.41) is 16.3. The third-order valence-corrected chi connectivity index (χ3v) is 13.9. The molecule has 8 nitrogen and oxygen atoms in total. The molecule has 9 aromatic rings. The highest BCUT2D eigenvalue weighted by Gasteiger charge is 2.29. The molecule has 0 saturated heterocycles. The first-order valence-corrected chi connectivity index (χ1v) is 25.3. The molecule has 1 unspecified atom stereocenters. The van der Waals surface area contributed by atoms with E-state index in [0.29, 0.717) is 34.4 Å². The number of nitriles is 1. The number of aromatic nitrogens is 4. The van der Waals surface area contributed by atoms with Crippen molar-refractivity contribution < 1.29 is 0 Å². The van der Waals surface area contributed by atoms with Gasteiger partial charge in [-0.15, -0.1) is 0 Å². The zero-order chi connectivity index (χ0) is 51.6. The lowest BCUT2D eigenvalue weighted by molar-refractivity contribution is 0.562. The van der Waals surface area contributed by atoms with E-state index in [-0.39, 0.29) is 21.7 Å². The molecule has 0 aliphatic carbocycles. The van der Waals surface area contributed by atoms with Gasteiger partial charge in [-0.3, -0.25) is 0 Å². The molecular formula is C65H64N8. The molecule has 364 valence electrons. The van der Waals surface area contributed by atoms with E-state index in [9.17, 15) is 5.26 Å². The van der Waals surface area contributed by atoms with Gasteiger partial charge in [-0.2, -0.15) is 5.26 Å². The van der Waals surface area contributed by atoms with E-state index in [4.69, 9.17) is 24.9 Å². The van der Waals surface area contributed by atoms with Gasteiger partial charge in [0.2, 0.25) is 0 Å². The van der Waals surface area contributed by atoms with Crippen molar-refractivity contribution in [1.29, 1.82) is 5.26 Å². The lowest BCUT2D eigenvalue weighted by Crippen LogP contribution is -2.34. The largest absolute Gasteiger partial charge is 0.344 e. The van der Waals surface area contributed by atoms with Gasteiger partial charge in [0, 0.05) is 38.6 Å². The van der Waals surface area contributed by atoms with Crippen LogP contribution in [0.2, 0.25) is 0 Å². The lowest BCUT2D eigenvalue weighted by Gasteiger charge is -2.30. The molecule has 0 fully saturated rings. The van der Waals surface area contributed by atoms with Crippen molar-refractivity contribution in [3.8, 4) is 45.9 Å². The molecule has 0 saturated carbocycles. The van der Waals surface area contributed by atoms with E-state index in [1.807, 2.05) is 78.9 Å². The normalized spacial score (nSPS) is 14.4. The second-order valence-electron chi connectivity index (χ2n) is 23.6. The summed E-state index contributed by atoms with van der Waals surface area (Å²) in [4.78, 5) is 26.3. The second kappa shape index (κ2) is 18.2. The zero-order valence-corrected chi connectivity index (χ0v) is 44.2. The average molecular weight is 957 g/mol. The molecule has 2 aromatic heterocycles. The minimum atomic E-state index is -0.414. The quantitative estimate of drug-likeness (QED) is 0.171. The van der Waals surface area contributed by atoms with Crippen LogP contribution in [0.5, 0.6) is 0 Å². The molecule has 1 atom stereocenters. The minimum Gasteiger partial charge on any atom is -0.344 e. The van der Waals surface area contributed by atoms with Crippen LogP contribution in [0.4, 0.5) is 0 Å². The monoisotopic (exact) mass is 957 g/mol. The zero-order valence-electron chi connectivity index (χ0n) is 44.2. The molecule has 1 aliphatic rings. The Bertz CT molecular complexity index is 3570. The molecule has 73 heavy (non-hydrogen) atoms. The van der Waals surface area contributed by atoms with Crippen LogP contribution in [0, 0.1) is 11.3 Å². The van der Waals surface area contributed by atoms with Crippen LogP contribution in [0.3, 0.4) is 0 Å². The average Bonchev–Trinajstić information content (AvgIpc) is 3.71.